The number of pyridine rings is 1. The molecule has 8 nitrogen and oxygen atoms in total. The average molecular weight is 431 g/mol. The molecule has 1 fully saturated rings. The molecule has 0 unspecified atom stereocenters. The van der Waals surface area contributed by atoms with E-state index in [1.165, 1.54) is 22.7 Å². The van der Waals surface area contributed by atoms with E-state index in [0.717, 1.165) is 27.8 Å². The molecule has 4 heterocycles. The average Bonchev–Trinajstić information content (AvgIpc) is 3.33. The summed E-state index contributed by atoms with van der Waals surface area (Å²) in [6, 6.07) is 5.72. The van der Waals surface area contributed by atoms with Crippen molar-refractivity contribution in [3.63, 3.8) is 0 Å². The lowest BCUT2D eigenvalue weighted by Gasteiger charge is -2.32. The van der Waals surface area contributed by atoms with Crippen molar-refractivity contribution < 1.29 is 9.53 Å². The highest BCUT2D eigenvalue weighted by atomic mass is 32.1. The second-order valence-electron chi connectivity index (χ2n) is 6.69. The van der Waals surface area contributed by atoms with Crippen LogP contribution in [-0.4, -0.2) is 50.7 Å². The second-order valence-corrected chi connectivity index (χ2v) is 8.95. The molecule has 3 aromatic heterocycles. The van der Waals surface area contributed by atoms with Crippen LogP contribution in [0.5, 0.6) is 0 Å². The van der Waals surface area contributed by atoms with Crippen LogP contribution in [0.1, 0.15) is 44.1 Å². The number of ether oxygens (including phenoxy) is 1. The number of hydrogen-bond acceptors (Lipinski definition) is 9. The molecular weight excluding hydrogens is 408 g/mol. The van der Waals surface area contributed by atoms with Crippen LogP contribution in [0.4, 0.5) is 10.9 Å². The molecule has 29 heavy (non-hydrogen) atoms. The molecule has 1 amide bonds. The Balaban J connectivity index is 1.48. The van der Waals surface area contributed by atoms with Crippen LogP contribution in [0.3, 0.4) is 0 Å². The number of aromatic nitrogens is 4. The first-order valence-corrected chi connectivity index (χ1v) is 11.1. The van der Waals surface area contributed by atoms with Crippen molar-refractivity contribution >= 4 is 39.5 Å². The third kappa shape index (κ3) is 4.44. The Morgan fingerprint density at radius 3 is 2.86 bits per heavy atom. The molecule has 0 spiro atoms. The molecule has 4 rings (SSSR count). The molecule has 1 aliphatic rings. The Kier molecular flexibility index (Phi) is 5.84. The molecule has 0 saturated carbocycles. The van der Waals surface area contributed by atoms with Crippen molar-refractivity contribution in [2.24, 2.45) is 0 Å². The number of hydrogen-bond donors (Lipinski definition) is 1. The fourth-order valence-corrected chi connectivity index (χ4v) is 4.72. The lowest BCUT2D eigenvalue weighted by Crippen LogP contribution is -2.42. The number of aryl methyl sites for hydroxylation is 3. The lowest BCUT2D eigenvalue weighted by molar-refractivity contribution is -0.0245. The van der Waals surface area contributed by atoms with Crippen molar-refractivity contribution in [2.45, 2.75) is 33.3 Å². The summed E-state index contributed by atoms with van der Waals surface area (Å²) in [4.78, 5) is 24.5. The minimum absolute atomic E-state index is 0.0108. The monoisotopic (exact) mass is 430 g/mol. The maximum absolute atomic E-state index is 12.9. The first kappa shape index (κ1) is 19.9. The van der Waals surface area contributed by atoms with Crippen LogP contribution in [0, 0.1) is 13.8 Å². The van der Waals surface area contributed by atoms with Gasteiger partial charge in [0.2, 0.25) is 5.13 Å². The zero-order chi connectivity index (χ0) is 20.4. The highest BCUT2D eigenvalue weighted by Crippen LogP contribution is 2.26. The largest absolute Gasteiger partial charge is 0.368 e. The molecule has 10 heteroatoms. The molecular formula is C19H22N6O2S2. The van der Waals surface area contributed by atoms with Gasteiger partial charge in [-0.05, 0) is 32.4 Å². The van der Waals surface area contributed by atoms with Crippen molar-refractivity contribution in [3.8, 4) is 0 Å². The number of carbonyl (C=O) groups is 1. The van der Waals surface area contributed by atoms with Gasteiger partial charge in [0.05, 0.1) is 29.5 Å². The SMILES string of the molecule is CCc1nnc(Nc2cccc([C@@H]3CN(C(=O)c4sc(C)nc4C)CCO3)n2)s1. The Morgan fingerprint density at radius 2 is 2.14 bits per heavy atom. The molecule has 152 valence electrons. The number of carbonyl (C=O) groups excluding carboxylic acids is 1. The normalized spacial score (nSPS) is 16.8. The summed E-state index contributed by atoms with van der Waals surface area (Å²) in [6.07, 6.45) is 0.579. The Morgan fingerprint density at radius 1 is 1.28 bits per heavy atom. The quantitative estimate of drug-likeness (QED) is 0.662. The molecule has 0 radical (unpaired) electrons. The summed E-state index contributed by atoms with van der Waals surface area (Å²) in [5.41, 5.74) is 1.57. The molecule has 1 saturated heterocycles. The Labute approximate surface area is 177 Å². The summed E-state index contributed by atoms with van der Waals surface area (Å²) in [5.74, 6) is 0.693. The molecule has 3 aromatic rings. The van der Waals surface area contributed by atoms with Gasteiger partial charge in [0.25, 0.3) is 5.91 Å². The number of amides is 1. The van der Waals surface area contributed by atoms with E-state index < -0.39 is 0 Å². The van der Waals surface area contributed by atoms with Gasteiger partial charge in [-0.1, -0.05) is 24.3 Å². The van der Waals surface area contributed by atoms with E-state index in [1.54, 1.807) is 0 Å². The molecule has 0 aliphatic carbocycles. The minimum atomic E-state index is -0.274. The molecule has 0 bridgehead atoms. The van der Waals surface area contributed by atoms with E-state index in [2.05, 4.69) is 25.5 Å². The standard InChI is InChI=1S/C19H22N6O2S2/c1-4-16-23-24-19(29-16)22-15-7-5-6-13(21-15)14-10-25(8-9-27-14)18(26)17-11(2)20-12(3)28-17/h5-7,14H,4,8-10H2,1-3H3,(H,21,22,24)/t14-/m0/s1. The molecule has 1 N–H and O–H groups in total. The fraction of sp³-hybridized carbons (Fsp3) is 0.421. The van der Waals surface area contributed by atoms with E-state index in [0.29, 0.717) is 35.5 Å². The van der Waals surface area contributed by atoms with Gasteiger partial charge in [0.1, 0.15) is 21.8 Å². The van der Waals surface area contributed by atoms with Gasteiger partial charge in [-0.3, -0.25) is 4.79 Å². The highest BCUT2D eigenvalue weighted by molar-refractivity contribution is 7.15. The van der Waals surface area contributed by atoms with Gasteiger partial charge in [0.15, 0.2) is 0 Å². The maximum atomic E-state index is 12.9. The number of nitrogens with one attached hydrogen (secondary N) is 1. The first-order chi connectivity index (χ1) is 14.0. The minimum Gasteiger partial charge on any atom is -0.368 e. The Bertz CT molecular complexity index is 1020. The van der Waals surface area contributed by atoms with Gasteiger partial charge in [-0.25, -0.2) is 9.97 Å². The highest BCUT2D eigenvalue weighted by Gasteiger charge is 2.29. The number of rotatable bonds is 5. The number of nitrogens with zero attached hydrogens (tertiary/aromatic N) is 5. The van der Waals surface area contributed by atoms with Crippen LogP contribution in [0.2, 0.25) is 0 Å². The van der Waals surface area contributed by atoms with E-state index in [4.69, 9.17) is 4.74 Å². The van der Waals surface area contributed by atoms with Crippen LogP contribution >= 0.6 is 22.7 Å². The third-order valence-electron chi connectivity index (χ3n) is 4.56. The zero-order valence-electron chi connectivity index (χ0n) is 16.5. The van der Waals surface area contributed by atoms with Gasteiger partial charge in [0, 0.05) is 6.54 Å². The summed E-state index contributed by atoms with van der Waals surface area (Å²) >= 11 is 2.95. The van der Waals surface area contributed by atoms with Crippen molar-refractivity contribution in [2.75, 3.05) is 25.0 Å². The molecule has 1 aliphatic heterocycles. The van der Waals surface area contributed by atoms with Gasteiger partial charge >= 0.3 is 0 Å². The summed E-state index contributed by atoms with van der Waals surface area (Å²) in [7, 11) is 0. The predicted molar refractivity (Wildman–Crippen MR) is 113 cm³/mol. The van der Waals surface area contributed by atoms with Gasteiger partial charge in [-0.2, -0.15) is 0 Å². The summed E-state index contributed by atoms with van der Waals surface area (Å²) < 4.78 is 5.92. The predicted octanol–water partition coefficient (Wildman–Crippen LogP) is 3.53. The lowest BCUT2D eigenvalue weighted by atomic mass is 10.1. The summed E-state index contributed by atoms with van der Waals surface area (Å²) in [5, 5.41) is 14.0. The van der Waals surface area contributed by atoms with Crippen LogP contribution in [-0.2, 0) is 11.2 Å². The van der Waals surface area contributed by atoms with E-state index in [-0.39, 0.29) is 12.0 Å². The van der Waals surface area contributed by atoms with Crippen molar-refractivity contribution in [1.29, 1.82) is 0 Å². The van der Waals surface area contributed by atoms with Gasteiger partial charge < -0.3 is 15.0 Å². The smallest absolute Gasteiger partial charge is 0.266 e. The van der Waals surface area contributed by atoms with Crippen LogP contribution < -0.4 is 5.32 Å². The zero-order valence-corrected chi connectivity index (χ0v) is 18.1. The van der Waals surface area contributed by atoms with E-state index >= 15 is 0 Å². The second kappa shape index (κ2) is 8.52. The molecule has 0 aromatic carbocycles. The number of morpholine rings is 1. The van der Waals surface area contributed by atoms with Crippen LogP contribution in [0.15, 0.2) is 18.2 Å². The van der Waals surface area contributed by atoms with Crippen molar-refractivity contribution in [1.82, 2.24) is 25.1 Å². The molecule has 1 atom stereocenters. The van der Waals surface area contributed by atoms with Crippen LogP contribution in [0.25, 0.3) is 0 Å². The summed E-state index contributed by atoms with van der Waals surface area (Å²) in [6.45, 7) is 7.34. The van der Waals surface area contributed by atoms with E-state index in [9.17, 15) is 4.79 Å². The number of thiazole rings is 1. The van der Waals surface area contributed by atoms with Gasteiger partial charge in [-0.15, -0.1) is 21.5 Å². The topological polar surface area (TPSA) is 93.1 Å². The first-order valence-electron chi connectivity index (χ1n) is 9.44. The third-order valence-corrected chi connectivity index (χ3v) is 6.60. The van der Waals surface area contributed by atoms with E-state index in [1.807, 2.05) is 43.9 Å². The van der Waals surface area contributed by atoms with Crippen molar-refractivity contribution in [3.05, 3.63) is 44.5 Å². The maximum Gasteiger partial charge on any atom is 0.266 e. The number of anilines is 2. The fourth-order valence-electron chi connectivity index (χ4n) is 3.14. The Hall–Kier alpha value is -2.43.